The lowest BCUT2D eigenvalue weighted by atomic mass is 9.89. The predicted octanol–water partition coefficient (Wildman–Crippen LogP) is 6.11. The van der Waals surface area contributed by atoms with E-state index in [0.717, 1.165) is 12.1 Å². The monoisotopic (exact) mass is 534 g/mol. The number of nitrogens with zero attached hydrogens (tertiary/aromatic N) is 1. The zero-order chi connectivity index (χ0) is 26.5. The summed E-state index contributed by atoms with van der Waals surface area (Å²) in [5.74, 6) is -3.71. The van der Waals surface area contributed by atoms with Gasteiger partial charge >= 0.3 is 12.4 Å². The number of halogens is 7. The fraction of sp³-hybridized carbons (Fsp3) is 0.440. The van der Waals surface area contributed by atoms with Gasteiger partial charge in [-0.05, 0) is 61.2 Å². The van der Waals surface area contributed by atoms with Crippen LogP contribution in [0.25, 0.3) is 0 Å². The van der Waals surface area contributed by atoms with E-state index in [9.17, 15) is 35.9 Å². The molecule has 1 aliphatic heterocycles. The second kappa shape index (κ2) is 11.6. The SMILES string of the molecule is O=C(CC(CN1CCCC(c2cccc(C(F)(F)F)c2)C1)C(F)(F)F)NCC(=O)c1ccc(Cl)cc1. The van der Waals surface area contributed by atoms with Crippen LogP contribution in [0.2, 0.25) is 5.02 Å². The molecule has 0 radical (unpaired) electrons. The van der Waals surface area contributed by atoms with Crippen molar-refractivity contribution in [1.82, 2.24) is 10.2 Å². The van der Waals surface area contributed by atoms with Gasteiger partial charge < -0.3 is 10.2 Å². The van der Waals surface area contributed by atoms with Crippen LogP contribution in [0.1, 0.15) is 46.7 Å². The van der Waals surface area contributed by atoms with E-state index in [2.05, 4.69) is 5.32 Å². The minimum Gasteiger partial charge on any atom is -0.349 e. The first-order chi connectivity index (χ1) is 16.8. The first-order valence-electron chi connectivity index (χ1n) is 11.3. The van der Waals surface area contributed by atoms with E-state index in [1.54, 1.807) is 11.0 Å². The van der Waals surface area contributed by atoms with Crippen LogP contribution in [0.15, 0.2) is 48.5 Å². The highest BCUT2D eigenvalue weighted by Gasteiger charge is 2.42. The topological polar surface area (TPSA) is 49.4 Å². The lowest BCUT2D eigenvalue weighted by Crippen LogP contribution is -2.43. The van der Waals surface area contributed by atoms with E-state index in [1.165, 1.54) is 30.3 Å². The quantitative estimate of drug-likeness (QED) is 0.329. The molecule has 1 fully saturated rings. The van der Waals surface area contributed by atoms with Gasteiger partial charge in [-0.1, -0.05) is 29.8 Å². The van der Waals surface area contributed by atoms with Gasteiger partial charge in [-0.25, -0.2) is 0 Å². The average Bonchev–Trinajstić information content (AvgIpc) is 2.82. The minimum atomic E-state index is -4.67. The maximum atomic E-state index is 13.7. The number of alkyl halides is 6. The number of hydrogen-bond donors (Lipinski definition) is 1. The van der Waals surface area contributed by atoms with Gasteiger partial charge in [0.25, 0.3) is 0 Å². The van der Waals surface area contributed by atoms with Crippen molar-refractivity contribution in [3.63, 3.8) is 0 Å². The minimum absolute atomic E-state index is 0.157. The van der Waals surface area contributed by atoms with Crippen molar-refractivity contribution in [3.05, 3.63) is 70.2 Å². The van der Waals surface area contributed by atoms with Crippen LogP contribution in [-0.4, -0.2) is 48.9 Å². The van der Waals surface area contributed by atoms with Crippen LogP contribution in [0.4, 0.5) is 26.3 Å². The van der Waals surface area contributed by atoms with Gasteiger partial charge in [0.05, 0.1) is 18.0 Å². The second-order valence-corrected chi connectivity index (χ2v) is 9.31. The summed E-state index contributed by atoms with van der Waals surface area (Å²) >= 11 is 5.76. The summed E-state index contributed by atoms with van der Waals surface area (Å²) in [6.45, 7) is -0.410. The number of carbonyl (C=O) groups excluding carboxylic acids is 2. The number of benzene rings is 2. The number of rotatable bonds is 8. The van der Waals surface area contributed by atoms with E-state index in [-0.39, 0.29) is 18.0 Å². The largest absolute Gasteiger partial charge is 0.416 e. The second-order valence-electron chi connectivity index (χ2n) is 8.87. The van der Waals surface area contributed by atoms with Crippen LogP contribution in [0.3, 0.4) is 0 Å². The molecule has 0 saturated carbocycles. The summed E-state index contributed by atoms with van der Waals surface area (Å²) in [5.41, 5.74) is -0.104. The number of ketones is 1. The van der Waals surface area contributed by atoms with Crippen LogP contribution < -0.4 is 5.32 Å². The maximum absolute atomic E-state index is 13.7. The summed E-state index contributed by atoms with van der Waals surface area (Å²) < 4.78 is 80.4. The number of nitrogens with one attached hydrogen (secondary N) is 1. The van der Waals surface area contributed by atoms with Gasteiger partial charge in [0.1, 0.15) is 0 Å². The van der Waals surface area contributed by atoms with Crippen molar-refractivity contribution in [1.29, 1.82) is 0 Å². The summed E-state index contributed by atoms with van der Waals surface area (Å²) in [5, 5.41) is 2.66. The van der Waals surface area contributed by atoms with Crippen molar-refractivity contribution in [2.75, 3.05) is 26.2 Å². The Balaban J connectivity index is 1.59. The molecule has 1 N–H and O–H groups in total. The molecule has 1 amide bonds. The zero-order valence-electron chi connectivity index (χ0n) is 19.1. The summed E-state index contributed by atoms with van der Waals surface area (Å²) in [7, 11) is 0. The first kappa shape index (κ1) is 28.0. The molecular formula is C25H25ClF6N2O2. The van der Waals surface area contributed by atoms with Gasteiger partial charge in [-0.3, -0.25) is 9.59 Å². The van der Waals surface area contributed by atoms with Gasteiger partial charge in [-0.15, -0.1) is 0 Å². The van der Waals surface area contributed by atoms with Gasteiger partial charge in [0.2, 0.25) is 5.91 Å². The average molecular weight is 535 g/mol. The highest BCUT2D eigenvalue weighted by Crippen LogP contribution is 2.35. The normalized spacial score (nSPS) is 18.0. The van der Waals surface area contributed by atoms with Gasteiger partial charge in [0, 0.05) is 30.1 Å². The lowest BCUT2D eigenvalue weighted by molar-refractivity contribution is -0.183. The number of Topliss-reactive ketones (excluding diaryl/α,β-unsaturated/α-hetero) is 1. The highest BCUT2D eigenvalue weighted by molar-refractivity contribution is 6.30. The highest BCUT2D eigenvalue weighted by atomic mass is 35.5. The van der Waals surface area contributed by atoms with E-state index in [1.807, 2.05) is 0 Å². The van der Waals surface area contributed by atoms with E-state index in [4.69, 9.17) is 11.6 Å². The van der Waals surface area contributed by atoms with Crippen LogP contribution in [0, 0.1) is 5.92 Å². The molecule has 2 unspecified atom stereocenters. The van der Waals surface area contributed by atoms with Crippen LogP contribution >= 0.6 is 11.6 Å². The Morgan fingerprint density at radius 3 is 2.39 bits per heavy atom. The van der Waals surface area contributed by atoms with E-state index in [0.29, 0.717) is 30.0 Å². The fourth-order valence-corrected chi connectivity index (χ4v) is 4.40. The molecule has 0 spiro atoms. The molecule has 11 heteroatoms. The Labute approximate surface area is 209 Å². The standard InChI is InChI=1S/C25H25ClF6N2O2/c26-21-8-6-16(7-9-21)22(35)13-33-23(36)12-20(25(30,31)32)15-34-10-2-4-18(14-34)17-3-1-5-19(11-17)24(27,28)29/h1,3,5-9,11,18,20H,2,4,10,12-15H2,(H,33,36). The number of hydrogen-bond acceptors (Lipinski definition) is 3. The maximum Gasteiger partial charge on any atom is 0.416 e. The Morgan fingerprint density at radius 2 is 1.75 bits per heavy atom. The summed E-state index contributed by atoms with van der Waals surface area (Å²) in [6.07, 6.45) is -8.95. The number of piperidine rings is 1. The Kier molecular flexibility index (Phi) is 9.05. The molecule has 2 atom stereocenters. The van der Waals surface area contributed by atoms with Crippen molar-refractivity contribution in [2.24, 2.45) is 5.92 Å². The smallest absolute Gasteiger partial charge is 0.349 e. The molecule has 1 aliphatic rings. The van der Waals surface area contributed by atoms with Crippen molar-refractivity contribution in [2.45, 2.75) is 37.5 Å². The van der Waals surface area contributed by atoms with Crippen molar-refractivity contribution >= 4 is 23.3 Å². The van der Waals surface area contributed by atoms with Crippen molar-refractivity contribution < 1.29 is 35.9 Å². The lowest BCUT2D eigenvalue weighted by Gasteiger charge is -2.35. The van der Waals surface area contributed by atoms with Crippen LogP contribution in [-0.2, 0) is 11.0 Å². The zero-order valence-corrected chi connectivity index (χ0v) is 19.9. The third-order valence-electron chi connectivity index (χ3n) is 6.18. The van der Waals surface area contributed by atoms with E-state index < -0.39 is 55.0 Å². The molecule has 0 aliphatic carbocycles. The predicted molar refractivity (Wildman–Crippen MR) is 123 cm³/mol. The number of carbonyl (C=O) groups is 2. The van der Waals surface area contributed by atoms with Crippen LogP contribution in [0.5, 0.6) is 0 Å². The molecule has 1 heterocycles. The molecule has 2 aromatic rings. The molecular weight excluding hydrogens is 510 g/mol. The first-order valence-corrected chi connectivity index (χ1v) is 11.7. The number of amides is 1. The molecule has 1 saturated heterocycles. The Morgan fingerprint density at radius 1 is 1.06 bits per heavy atom. The Hall–Kier alpha value is -2.59. The summed E-state index contributed by atoms with van der Waals surface area (Å²) in [6, 6.07) is 10.7. The fourth-order valence-electron chi connectivity index (χ4n) is 4.27. The molecule has 0 aromatic heterocycles. The molecule has 0 bridgehead atoms. The van der Waals surface area contributed by atoms with Crippen molar-refractivity contribution in [3.8, 4) is 0 Å². The van der Waals surface area contributed by atoms with Gasteiger partial charge in [0.15, 0.2) is 5.78 Å². The molecule has 36 heavy (non-hydrogen) atoms. The Bertz CT molecular complexity index is 1060. The molecule has 3 rings (SSSR count). The van der Waals surface area contributed by atoms with Gasteiger partial charge in [-0.2, -0.15) is 26.3 Å². The summed E-state index contributed by atoms with van der Waals surface area (Å²) in [4.78, 5) is 25.9. The third-order valence-corrected chi connectivity index (χ3v) is 6.43. The molecule has 4 nitrogen and oxygen atoms in total. The van der Waals surface area contributed by atoms with E-state index >= 15 is 0 Å². The number of likely N-dealkylation sites (tertiary alicyclic amines) is 1. The third kappa shape index (κ3) is 7.96. The molecule has 2 aromatic carbocycles. The molecule has 196 valence electrons.